The second-order valence-corrected chi connectivity index (χ2v) is 6.85. The van der Waals surface area contributed by atoms with Crippen LogP contribution in [0.2, 0.25) is 0 Å². The molecule has 114 valence electrons. The van der Waals surface area contributed by atoms with Crippen LogP contribution in [0.15, 0.2) is 16.1 Å². The van der Waals surface area contributed by atoms with Gasteiger partial charge in [0.15, 0.2) is 5.16 Å². The first kappa shape index (κ1) is 14.6. The topological polar surface area (TPSA) is 55.2 Å². The van der Waals surface area contributed by atoms with Crippen LogP contribution in [0, 0.1) is 6.92 Å². The number of aromatic nitrogens is 2. The SMILES string of the molecule is Cc1cnc2n(c1=O)[C@@H](CC(=O)N1CCCCCC1)CS2. The lowest BCUT2D eigenvalue weighted by Gasteiger charge is -2.22. The maximum absolute atomic E-state index is 12.5. The maximum Gasteiger partial charge on any atom is 0.257 e. The number of nitrogens with zero attached hydrogens (tertiary/aromatic N) is 3. The minimum absolute atomic E-state index is 0.00123. The van der Waals surface area contributed by atoms with E-state index in [9.17, 15) is 9.59 Å². The first-order valence-corrected chi connectivity index (χ1v) is 8.64. The number of likely N-dealkylation sites (tertiary alicyclic amines) is 1. The molecule has 3 rings (SSSR count). The van der Waals surface area contributed by atoms with Gasteiger partial charge in [0.2, 0.25) is 5.91 Å². The molecule has 0 saturated carbocycles. The van der Waals surface area contributed by atoms with Crippen LogP contribution >= 0.6 is 11.8 Å². The normalized spacial score (nSPS) is 22.0. The third-order valence-corrected chi connectivity index (χ3v) is 5.38. The lowest BCUT2D eigenvalue weighted by atomic mass is 10.2. The molecule has 0 aromatic carbocycles. The summed E-state index contributed by atoms with van der Waals surface area (Å²) in [5, 5.41) is 0.749. The van der Waals surface area contributed by atoms with Gasteiger partial charge in [0.25, 0.3) is 5.56 Å². The molecular weight excluding hydrogens is 286 g/mol. The van der Waals surface area contributed by atoms with Gasteiger partial charge in [-0.15, -0.1) is 0 Å². The lowest BCUT2D eigenvalue weighted by Crippen LogP contribution is -2.35. The van der Waals surface area contributed by atoms with E-state index in [2.05, 4.69) is 4.98 Å². The van der Waals surface area contributed by atoms with Gasteiger partial charge in [-0.05, 0) is 19.8 Å². The predicted octanol–water partition coefficient (Wildman–Crippen LogP) is 1.99. The van der Waals surface area contributed by atoms with Crippen LogP contribution in [0.25, 0.3) is 0 Å². The maximum atomic E-state index is 12.5. The summed E-state index contributed by atoms with van der Waals surface area (Å²) in [6.07, 6.45) is 6.68. The van der Waals surface area contributed by atoms with Crippen molar-refractivity contribution in [2.45, 2.75) is 50.2 Å². The summed E-state index contributed by atoms with van der Waals surface area (Å²) in [6.45, 7) is 3.51. The van der Waals surface area contributed by atoms with E-state index in [1.807, 2.05) is 4.90 Å². The molecule has 1 amide bonds. The van der Waals surface area contributed by atoms with Crippen molar-refractivity contribution in [3.05, 3.63) is 22.1 Å². The minimum Gasteiger partial charge on any atom is -0.343 e. The molecule has 1 atom stereocenters. The van der Waals surface area contributed by atoms with Gasteiger partial charge >= 0.3 is 0 Å². The number of carbonyl (C=O) groups is 1. The Hall–Kier alpha value is -1.30. The Bertz CT molecular complexity index is 591. The molecule has 0 radical (unpaired) electrons. The fraction of sp³-hybridized carbons (Fsp3) is 0.667. The van der Waals surface area contributed by atoms with Crippen LogP contribution in [0.3, 0.4) is 0 Å². The van der Waals surface area contributed by atoms with Gasteiger partial charge in [-0.25, -0.2) is 4.98 Å². The molecule has 6 heteroatoms. The third kappa shape index (κ3) is 3.00. The first-order chi connectivity index (χ1) is 10.2. The number of aryl methyl sites for hydroxylation is 1. The van der Waals surface area contributed by atoms with Crippen LogP contribution in [0.5, 0.6) is 0 Å². The zero-order chi connectivity index (χ0) is 14.8. The molecule has 0 unspecified atom stereocenters. The Morgan fingerprint density at radius 2 is 2.05 bits per heavy atom. The summed E-state index contributed by atoms with van der Waals surface area (Å²) in [6, 6.07) is -0.0411. The molecule has 2 aliphatic rings. The van der Waals surface area contributed by atoms with Gasteiger partial charge in [0, 0.05) is 37.0 Å². The number of fused-ring (bicyclic) bond motifs is 1. The third-order valence-electron chi connectivity index (χ3n) is 4.27. The Morgan fingerprint density at radius 1 is 1.33 bits per heavy atom. The lowest BCUT2D eigenvalue weighted by molar-refractivity contribution is -0.131. The highest BCUT2D eigenvalue weighted by molar-refractivity contribution is 7.99. The molecule has 5 nitrogen and oxygen atoms in total. The fourth-order valence-electron chi connectivity index (χ4n) is 3.02. The van der Waals surface area contributed by atoms with Gasteiger partial charge in [-0.2, -0.15) is 0 Å². The standard InChI is InChI=1S/C15H21N3O2S/c1-11-9-16-15-18(14(11)20)12(10-21-15)8-13(19)17-6-4-2-3-5-7-17/h9,12H,2-8,10H2,1H3/t12-/m0/s1. The smallest absolute Gasteiger partial charge is 0.257 e. The van der Waals surface area contributed by atoms with Crippen LogP contribution in [0.4, 0.5) is 0 Å². The zero-order valence-corrected chi connectivity index (χ0v) is 13.2. The summed E-state index contributed by atoms with van der Waals surface area (Å²) < 4.78 is 1.72. The fourth-order valence-corrected chi connectivity index (χ4v) is 4.13. The van der Waals surface area contributed by atoms with E-state index < -0.39 is 0 Å². The van der Waals surface area contributed by atoms with Crippen LogP contribution in [0.1, 0.15) is 43.7 Å². The molecule has 0 aliphatic carbocycles. The van der Waals surface area contributed by atoms with Crippen molar-refractivity contribution in [2.24, 2.45) is 0 Å². The number of rotatable bonds is 2. The van der Waals surface area contributed by atoms with E-state index in [1.165, 1.54) is 12.8 Å². The van der Waals surface area contributed by atoms with Crippen LogP contribution < -0.4 is 5.56 Å². The number of thioether (sulfide) groups is 1. The number of hydrogen-bond donors (Lipinski definition) is 0. The molecule has 1 aromatic rings. The molecule has 21 heavy (non-hydrogen) atoms. The Balaban J connectivity index is 1.74. The second-order valence-electron chi connectivity index (χ2n) is 5.86. The van der Waals surface area contributed by atoms with E-state index in [0.717, 1.165) is 36.8 Å². The molecule has 1 fully saturated rings. The first-order valence-electron chi connectivity index (χ1n) is 7.65. The van der Waals surface area contributed by atoms with E-state index >= 15 is 0 Å². The minimum atomic E-state index is -0.0411. The summed E-state index contributed by atoms with van der Waals surface area (Å²) in [5.41, 5.74) is 0.645. The molecule has 2 aliphatic heterocycles. The number of amides is 1. The molecule has 0 bridgehead atoms. The largest absolute Gasteiger partial charge is 0.343 e. The molecule has 1 aromatic heterocycles. The van der Waals surface area contributed by atoms with E-state index in [1.54, 1.807) is 29.4 Å². The van der Waals surface area contributed by atoms with Crippen LogP contribution in [-0.4, -0.2) is 39.2 Å². The molecular formula is C15H21N3O2S. The average molecular weight is 307 g/mol. The highest BCUT2D eigenvalue weighted by Gasteiger charge is 2.29. The van der Waals surface area contributed by atoms with Crippen molar-refractivity contribution >= 4 is 17.7 Å². The van der Waals surface area contributed by atoms with Crippen molar-refractivity contribution in [3.63, 3.8) is 0 Å². The number of carbonyl (C=O) groups excluding carboxylic acids is 1. The van der Waals surface area contributed by atoms with E-state index in [0.29, 0.717) is 12.0 Å². The van der Waals surface area contributed by atoms with Gasteiger partial charge in [0.05, 0.1) is 6.04 Å². The average Bonchev–Trinajstić information content (AvgIpc) is 2.71. The Morgan fingerprint density at radius 3 is 2.76 bits per heavy atom. The summed E-state index contributed by atoms with van der Waals surface area (Å²) >= 11 is 1.57. The van der Waals surface area contributed by atoms with E-state index in [-0.39, 0.29) is 17.5 Å². The second kappa shape index (κ2) is 6.22. The molecule has 0 N–H and O–H groups in total. The van der Waals surface area contributed by atoms with Crippen molar-refractivity contribution in [1.82, 2.24) is 14.5 Å². The van der Waals surface area contributed by atoms with Gasteiger partial charge in [-0.1, -0.05) is 24.6 Å². The van der Waals surface area contributed by atoms with Gasteiger partial charge in [0.1, 0.15) is 0 Å². The van der Waals surface area contributed by atoms with Gasteiger partial charge in [-0.3, -0.25) is 14.2 Å². The summed E-state index contributed by atoms with van der Waals surface area (Å²) in [4.78, 5) is 31.0. The van der Waals surface area contributed by atoms with E-state index in [4.69, 9.17) is 0 Å². The van der Waals surface area contributed by atoms with Crippen molar-refractivity contribution < 1.29 is 4.79 Å². The highest BCUT2D eigenvalue weighted by Crippen LogP contribution is 2.32. The zero-order valence-electron chi connectivity index (χ0n) is 12.4. The monoisotopic (exact) mass is 307 g/mol. The summed E-state index contributed by atoms with van der Waals surface area (Å²) in [7, 11) is 0. The highest BCUT2D eigenvalue weighted by atomic mass is 32.2. The molecule has 1 saturated heterocycles. The van der Waals surface area contributed by atoms with Crippen molar-refractivity contribution in [3.8, 4) is 0 Å². The van der Waals surface area contributed by atoms with Crippen LogP contribution in [-0.2, 0) is 4.79 Å². The summed E-state index contributed by atoms with van der Waals surface area (Å²) in [5.74, 6) is 0.953. The Kier molecular flexibility index (Phi) is 4.33. The number of hydrogen-bond acceptors (Lipinski definition) is 4. The van der Waals surface area contributed by atoms with Crippen molar-refractivity contribution in [2.75, 3.05) is 18.8 Å². The molecule has 0 spiro atoms. The van der Waals surface area contributed by atoms with Crippen molar-refractivity contribution in [1.29, 1.82) is 0 Å². The predicted molar refractivity (Wildman–Crippen MR) is 82.7 cm³/mol. The van der Waals surface area contributed by atoms with Gasteiger partial charge < -0.3 is 4.90 Å². The quantitative estimate of drug-likeness (QED) is 0.784. The molecule has 3 heterocycles. The Labute approximate surface area is 128 Å².